The number of carbonyl (C=O) groups excluding carboxylic acids is 2. The molecule has 204 valence electrons. The number of carbonyl (C=O) groups is 2. The molecule has 0 saturated heterocycles. The molecule has 1 aromatic rings. The largest absolute Gasteiger partial charge is 0.458 e. The number of fused-ring (bicyclic) bond motifs is 5. The predicted octanol–water partition coefficient (Wildman–Crippen LogP) is 3.27. The van der Waals surface area contributed by atoms with Crippen molar-refractivity contribution in [1.82, 2.24) is 4.98 Å². The molecular formula is C29H41NO7. The van der Waals surface area contributed by atoms with Crippen LogP contribution in [0.5, 0.6) is 0 Å². The average molecular weight is 516 g/mol. The van der Waals surface area contributed by atoms with Gasteiger partial charge < -0.3 is 24.8 Å². The third kappa shape index (κ3) is 3.93. The van der Waals surface area contributed by atoms with Gasteiger partial charge in [0, 0.05) is 30.7 Å². The smallest absolute Gasteiger partial charge is 0.340 e. The van der Waals surface area contributed by atoms with Crippen LogP contribution in [-0.2, 0) is 14.3 Å². The SMILES string of the molecule is CC(=O)O[C@@H]1[C@@H](OC(=O)c2cccnc2)[C@H]2[C@@H](CC[C@H]3C[C@@H](O)CC[C@@]32C)[C@@]2(O)CC[C@H](C(C)O)[C@@]12C. The zero-order chi connectivity index (χ0) is 26.8. The molecule has 0 amide bonds. The van der Waals surface area contributed by atoms with Gasteiger partial charge in [0.2, 0.25) is 0 Å². The summed E-state index contributed by atoms with van der Waals surface area (Å²) in [6, 6.07) is 3.32. The van der Waals surface area contributed by atoms with Gasteiger partial charge in [-0.25, -0.2) is 4.79 Å². The monoisotopic (exact) mass is 515 g/mol. The van der Waals surface area contributed by atoms with E-state index in [-0.39, 0.29) is 35.2 Å². The topological polar surface area (TPSA) is 126 Å². The first-order valence-electron chi connectivity index (χ1n) is 13.8. The fourth-order valence-electron chi connectivity index (χ4n) is 9.20. The lowest BCUT2D eigenvalue weighted by atomic mass is 9.41. The summed E-state index contributed by atoms with van der Waals surface area (Å²) >= 11 is 0. The highest BCUT2D eigenvalue weighted by atomic mass is 16.6. The summed E-state index contributed by atoms with van der Waals surface area (Å²) in [5, 5.41) is 33.9. The molecule has 8 heteroatoms. The van der Waals surface area contributed by atoms with Gasteiger partial charge in [0.1, 0.15) is 12.2 Å². The van der Waals surface area contributed by atoms with Crippen LogP contribution in [0.2, 0.25) is 0 Å². The van der Waals surface area contributed by atoms with Crippen LogP contribution >= 0.6 is 0 Å². The molecular weight excluding hydrogens is 474 g/mol. The lowest BCUT2D eigenvalue weighted by molar-refractivity contribution is -0.292. The van der Waals surface area contributed by atoms with Gasteiger partial charge in [-0.05, 0) is 87.2 Å². The Balaban J connectivity index is 1.66. The minimum atomic E-state index is -1.19. The van der Waals surface area contributed by atoms with Crippen molar-refractivity contribution < 1.29 is 34.4 Å². The fraction of sp³-hybridized carbons (Fsp3) is 0.759. The van der Waals surface area contributed by atoms with Gasteiger partial charge in [0.25, 0.3) is 0 Å². The second-order valence-corrected chi connectivity index (χ2v) is 12.6. The lowest BCUT2D eigenvalue weighted by Gasteiger charge is -2.66. The number of hydrogen-bond acceptors (Lipinski definition) is 8. The molecule has 1 heterocycles. The second-order valence-electron chi connectivity index (χ2n) is 12.6. The summed E-state index contributed by atoms with van der Waals surface area (Å²) in [6.07, 6.45) is 4.93. The Morgan fingerprint density at radius 3 is 2.54 bits per heavy atom. The van der Waals surface area contributed by atoms with E-state index in [1.807, 2.05) is 6.92 Å². The summed E-state index contributed by atoms with van der Waals surface area (Å²) in [5.41, 5.74) is -2.21. The van der Waals surface area contributed by atoms with Crippen LogP contribution in [0, 0.1) is 34.5 Å². The van der Waals surface area contributed by atoms with Crippen LogP contribution in [-0.4, -0.2) is 62.3 Å². The van der Waals surface area contributed by atoms with Crippen molar-refractivity contribution in [2.24, 2.45) is 34.5 Å². The van der Waals surface area contributed by atoms with E-state index in [1.165, 1.54) is 13.1 Å². The van der Waals surface area contributed by atoms with E-state index in [0.717, 1.165) is 19.3 Å². The molecule has 4 saturated carbocycles. The summed E-state index contributed by atoms with van der Waals surface area (Å²) < 4.78 is 12.4. The second kappa shape index (κ2) is 9.31. The van der Waals surface area contributed by atoms with E-state index < -0.39 is 41.3 Å². The van der Waals surface area contributed by atoms with Crippen LogP contribution in [0.4, 0.5) is 0 Å². The van der Waals surface area contributed by atoms with Crippen molar-refractivity contribution in [2.45, 2.75) is 103 Å². The first kappa shape index (κ1) is 26.6. The van der Waals surface area contributed by atoms with Crippen LogP contribution < -0.4 is 0 Å². The van der Waals surface area contributed by atoms with Gasteiger partial charge in [0.05, 0.1) is 23.4 Å². The highest BCUT2D eigenvalue weighted by molar-refractivity contribution is 5.89. The molecule has 8 nitrogen and oxygen atoms in total. The molecule has 1 unspecified atom stereocenters. The molecule has 0 aromatic carbocycles. The maximum Gasteiger partial charge on any atom is 0.340 e. The van der Waals surface area contributed by atoms with E-state index in [9.17, 15) is 24.9 Å². The quantitative estimate of drug-likeness (QED) is 0.522. The van der Waals surface area contributed by atoms with Gasteiger partial charge in [0.15, 0.2) is 0 Å². The van der Waals surface area contributed by atoms with Crippen LogP contribution in [0.25, 0.3) is 0 Å². The lowest BCUT2D eigenvalue weighted by Crippen LogP contribution is -2.73. The summed E-state index contributed by atoms with van der Waals surface area (Å²) in [7, 11) is 0. The third-order valence-electron chi connectivity index (χ3n) is 10.9. The Labute approximate surface area is 218 Å². The maximum atomic E-state index is 13.5. The number of aromatic nitrogens is 1. The number of esters is 2. The number of nitrogens with zero attached hydrogens (tertiary/aromatic N) is 1. The van der Waals surface area contributed by atoms with E-state index in [1.54, 1.807) is 25.3 Å². The number of aliphatic hydroxyl groups is 3. The highest BCUT2D eigenvalue weighted by Crippen LogP contribution is 2.70. The molecule has 11 atom stereocenters. The molecule has 5 rings (SSSR count). The Hall–Kier alpha value is -2.03. The summed E-state index contributed by atoms with van der Waals surface area (Å²) in [5.74, 6) is -1.65. The fourth-order valence-corrected chi connectivity index (χ4v) is 9.20. The standard InChI is InChI=1S/C29H41NO7/c1-16(31)21-10-12-29(35)22-8-7-19-14-20(33)9-11-27(19,3)23(22)24(25(28(21,29)4)36-17(2)32)37-26(34)18-6-5-13-30-15-18/h5-6,13,15-16,19-25,31,33,35H,7-12,14H2,1-4H3/t16?,19-,20-,21+,22+,23+,24-,25+,27-,28-,29-/m0/s1. The minimum absolute atomic E-state index is 0.198. The molecule has 0 bridgehead atoms. The Bertz CT molecular complexity index is 1030. The minimum Gasteiger partial charge on any atom is -0.458 e. The average Bonchev–Trinajstić information content (AvgIpc) is 3.14. The van der Waals surface area contributed by atoms with Gasteiger partial charge in [-0.3, -0.25) is 9.78 Å². The van der Waals surface area contributed by atoms with Crippen molar-refractivity contribution in [2.75, 3.05) is 0 Å². The van der Waals surface area contributed by atoms with E-state index >= 15 is 0 Å². The number of ether oxygens (including phenoxy) is 2. The molecule has 0 radical (unpaired) electrons. The molecule has 0 spiro atoms. The first-order chi connectivity index (χ1) is 17.4. The van der Waals surface area contributed by atoms with Crippen molar-refractivity contribution >= 4 is 11.9 Å². The van der Waals surface area contributed by atoms with E-state index in [0.29, 0.717) is 31.2 Å². The molecule has 4 fully saturated rings. The van der Waals surface area contributed by atoms with Crippen molar-refractivity contribution in [1.29, 1.82) is 0 Å². The molecule has 3 N–H and O–H groups in total. The van der Waals surface area contributed by atoms with Crippen molar-refractivity contribution in [3.8, 4) is 0 Å². The number of rotatable bonds is 4. The highest BCUT2D eigenvalue weighted by Gasteiger charge is 2.75. The van der Waals surface area contributed by atoms with Gasteiger partial charge in [-0.15, -0.1) is 0 Å². The van der Waals surface area contributed by atoms with Crippen LogP contribution in [0.1, 0.15) is 83.0 Å². The Kier molecular flexibility index (Phi) is 6.69. The molecule has 4 aliphatic carbocycles. The van der Waals surface area contributed by atoms with Gasteiger partial charge in [-0.1, -0.05) is 13.8 Å². The molecule has 4 aliphatic rings. The maximum absolute atomic E-state index is 13.5. The van der Waals surface area contributed by atoms with E-state index in [4.69, 9.17) is 9.47 Å². The van der Waals surface area contributed by atoms with Crippen LogP contribution in [0.15, 0.2) is 24.5 Å². The predicted molar refractivity (Wildman–Crippen MR) is 134 cm³/mol. The van der Waals surface area contributed by atoms with Crippen LogP contribution in [0.3, 0.4) is 0 Å². The third-order valence-corrected chi connectivity index (χ3v) is 10.9. The zero-order valence-corrected chi connectivity index (χ0v) is 22.3. The Morgan fingerprint density at radius 2 is 1.89 bits per heavy atom. The number of hydrogen-bond donors (Lipinski definition) is 3. The molecule has 37 heavy (non-hydrogen) atoms. The summed E-state index contributed by atoms with van der Waals surface area (Å²) in [4.78, 5) is 30.1. The Morgan fingerprint density at radius 1 is 1.14 bits per heavy atom. The molecule has 0 aliphatic heterocycles. The van der Waals surface area contributed by atoms with Gasteiger partial charge in [-0.2, -0.15) is 0 Å². The first-order valence-corrected chi connectivity index (χ1v) is 13.8. The number of pyridine rings is 1. The zero-order valence-electron chi connectivity index (χ0n) is 22.3. The van der Waals surface area contributed by atoms with Crippen molar-refractivity contribution in [3.05, 3.63) is 30.1 Å². The van der Waals surface area contributed by atoms with Gasteiger partial charge >= 0.3 is 11.9 Å². The van der Waals surface area contributed by atoms with Crippen molar-refractivity contribution in [3.63, 3.8) is 0 Å². The normalized spacial score (nSPS) is 45.6. The summed E-state index contributed by atoms with van der Waals surface area (Å²) in [6.45, 7) is 7.16. The van der Waals surface area contributed by atoms with E-state index in [2.05, 4.69) is 11.9 Å². The number of aliphatic hydroxyl groups excluding tert-OH is 2. The molecule has 1 aromatic heterocycles.